The molecule has 2 heterocycles. The topological polar surface area (TPSA) is 62.4 Å². The molecule has 1 saturated heterocycles. The molecule has 1 aliphatic heterocycles. The number of nitrogens with zero attached hydrogens (tertiary/aromatic N) is 2. The largest absolute Gasteiger partial charge is 0.497 e. The van der Waals surface area contributed by atoms with Gasteiger partial charge in [0.2, 0.25) is 0 Å². The van der Waals surface area contributed by atoms with E-state index in [0.29, 0.717) is 6.04 Å². The lowest BCUT2D eigenvalue weighted by Gasteiger charge is -2.34. The van der Waals surface area contributed by atoms with Gasteiger partial charge in [0.25, 0.3) is 0 Å². The Kier molecular flexibility index (Phi) is 5.25. The van der Waals surface area contributed by atoms with Crippen molar-refractivity contribution in [3.05, 3.63) is 35.7 Å². The van der Waals surface area contributed by atoms with E-state index in [0.717, 1.165) is 49.7 Å². The third-order valence-electron chi connectivity index (χ3n) is 4.70. The van der Waals surface area contributed by atoms with Crippen molar-refractivity contribution in [2.75, 3.05) is 32.2 Å². The zero-order valence-corrected chi connectivity index (χ0v) is 14.6. The average molecular weight is 330 g/mol. The monoisotopic (exact) mass is 330 g/mol. The van der Waals surface area contributed by atoms with Crippen LogP contribution in [0.25, 0.3) is 0 Å². The number of anilines is 1. The van der Waals surface area contributed by atoms with Crippen molar-refractivity contribution in [1.82, 2.24) is 15.5 Å². The third kappa shape index (κ3) is 3.82. The van der Waals surface area contributed by atoms with Crippen LogP contribution < -0.4 is 19.7 Å². The summed E-state index contributed by atoms with van der Waals surface area (Å²) in [5.74, 6) is 1.67. The SMILES string of the molecule is COc1cc(OC)cc(N2CCC(NCc3[nH]ncc3C)CC2)c1. The zero-order valence-electron chi connectivity index (χ0n) is 14.6. The fourth-order valence-electron chi connectivity index (χ4n) is 3.12. The number of hydrogen-bond acceptors (Lipinski definition) is 5. The van der Waals surface area contributed by atoms with Crippen molar-refractivity contribution in [3.8, 4) is 11.5 Å². The first-order valence-electron chi connectivity index (χ1n) is 8.40. The molecular weight excluding hydrogens is 304 g/mol. The summed E-state index contributed by atoms with van der Waals surface area (Å²) in [6.07, 6.45) is 4.11. The summed E-state index contributed by atoms with van der Waals surface area (Å²) >= 11 is 0. The second-order valence-electron chi connectivity index (χ2n) is 6.24. The molecule has 0 spiro atoms. The predicted molar refractivity (Wildman–Crippen MR) is 94.9 cm³/mol. The number of piperidine rings is 1. The minimum absolute atomic E-state index is 0.538. The molecule has 1 aromatic heterocycles. The highest BCUT2D eigenvalue weighted by Crippen LogP contribution is 2.30. The molecular formula is C18H26N4O2. The summed E-state index contributed by atoms with van der Waals surface area (Å²) < 4.78 is 10.7. The van der Waals surface area contributed by atoms with Crippen LogP contribution in [0.1, 0.15) is 24.1 Å². The highest BCUT2D eigenvalue weighted by atomic mass is 16.5. The second-order valence-corrected chi connectivity index (χ2v) is 6.24. The van der Waals surface area contributed by atoms with Crippen molar-refractivity contribution in [3.63, 3.8) is 0 Å². The summed E-state index contributed by atoms with van der Waals surface area (Å²) in [5.41, 5.74) is 3.55. The van der Waals surface area contributed by atoms with Gasteiger partial charge in [0.1, 0.15) is 11.5 Å². The number of H-pyrrole nitrogens is 1. The van der Waals surface area contributed by atoms with Crippen LogP contribution in [0.4, 0.5) is 5.69 Å². The molecule has 2 aromatic rings. The molecule has 1 aliphatic rings. The van der Waals surface area contributed by atoms with Crippen molar-refractivity contribution in [2.45, 2.75) is 32.4 Å². The summed E-state index contributed by atoms with van der Waals surface area (Å²) in [7, 11) is 3.37. The summed E-state index contributed by atoms with van der Waals surface area (Å²) in [4.78, 5) is 2.39. The number of hydrogen-bond donors (Lipinski definition) is 2. The molecule has 0 unspecified atom stereocenters. The zero-order chi connectivity index (χ0) is 16.9. The number of aryl methyl sites for hydroxylation is 1. The molecule has 6 nitrogen and oxygen atoms in total. The Morgan fingerprint density at radius 3 is 2.38 bits per heavy atom. The first-order valence-corrected chi connectivity index (χ1v) is 8.40. The Balaban J connectivity index is 1.56. The minimum Gasteiger partial charge on any atom is -0.497 e. The molecule has 0 aliphatic carbocycles. The maximum atomic E-state index is 5.37. The number of ether oxygens (including phenoxy) is 2. The van der Waals surface area contributed by atoms with Crippen molar-refractivity contribution in [1.29, 1.82) is 0 Å². The smallest absolute Gasteiger partial charge is 0.124 e. The van der Waals surface area contributed by atoms with E-state index in [2.05, 4.69) is 39.5 Å². The maximum absolute atomic E-state index is 5.37. The Labute approximate surface area is 143 Å². The standard InChI is InChI=1S/C18H26N4O2/c1-13-11-20-21-18(13)12-19-14-4-6-22(7-5-14)15-8-16(23-2)10-17(9-15)24-3/h8-11,14,19H,4-7,12H2,1-3H3,(H,20,21). The number of nitrogens with one attached hydrogen (secondary N) is 2. The molecule has 0 atom stereocenters. The fraction of sp³-hybridized carbons (Fsp3) is 0.500. The van der Waals surface area contributed by atoms with Crippen molar-refractivity contribution in [2.24, 2.45) is 0 Å². The van der Waals surface area contributed by atoms with Crippen LogP contribution in [0, 0.1) is 6.92 Å². The fourth-order valence-corrected chi connectivity index (χ4v) is 3.12. The lowest BCUT2D eigenvalue weighted by Crippen LogP contribution is -2.42. The van der Waals surface area contributed by atoms with Gasteiger partial charge in [0, 0.05) is 49.6 Å². The molecule has 0 bridgehead atoms. The molecule has 3 rings (SSSR count). The normalized spacial score (nSPS) is 15.5. The molecule has 2 N–H and O–H groups in total. The van der Waals surface area contributed by atoms with Crippen LogP contribution >= 0.6 is 0 Å². The minimum atomic E-state index is 0.538. The van der Waals surface area contributed by atoms with Crippen LogP contribution in [0.3, 0.4) is 0 Å². The maximum Gasteiger partial charge on any atom is 0.124 e. The van der Waals surface area contributed by atoms with Crippen LogP contribution in [0.15, 0.2) is 24.4 Å². The predicted octanol–water partition coefficient (Wildman–Crippen LogP) is 2.49. The number of benzene rings is 1. The van der Waals surface area contributed by atoms with Gasteiger partial charge >= 0.3 is 0 Å². The molecule has 0 saturated carbocycles. The van der Waals surface area contributed by atoms with Gasteiger partial charge in [-0.15, -0.1) is 0 Å². The third-order valence-corrected chi connectivity index (χ3v) is 4.70. The van der Waals surface area contributed by atoms with E-state index in [1.807, 2.05) is 12.3 Å². The summed E-state index contributed by atoms with van der Waals surface area (Å²) in [6.45, 7) is 4.98. The van der Waals surface area contributed by atoms with Gasteiger partial charge < -0.3 is 19.7 Å². The lowest BCUT2D eigenvalue weighted by molar-refractivity contribution is 0.391. The van der Waals surface area contributed by atoms with Crippen molar-refractivity contribution >= 4 is 5.69 Å². The lowest BCUT2D eigenvalue weighted by atomic mass is 10.0. The number of rotatable bonds is 6. The number of aromatic nitrogens is 2. The average Bonchev–Trinajstić information content (AvgIpc) is 3.04. The van der Waals surface area contributed by atoms with Gasteiger partial charge in [0.15, 0.2) is 0 Å². The number of methoxy groups -OCH3 is 2. The first kappa shape index (κ1) is 16.6. The highest BCUT2D eigenvalue weighted by molar-refractivity contribution is 5.56. The molecule has 1 aromatic carbocycles. The van der Waals surface area contributed by atoms with Crippen LogP contribution in [-0.4, -0.2) is 43.5 Å². The highest BCUT2D eigenvalue weighted by Gasteiger charge is 2.20. The van der Waals surface area contributed by atoms with Gasteiger partial charge in [0.05, 0.1) is 26.1 Å². The van der Waals surface area contributed by atoms with E-state index < -0.39 is 0 Å². The molecule has 1 fully saturated rings. The van der Waals surface area contributed by atoms with E-state index in [4.69, 9.17) is 9.47 Å². The van der Waals surface area contributed by atoms with Gasteiger partial charge in [-0.3, -0.25) is 5.10 Å². The van der Waals surface area contributed by atoms with Gasteiger partial charge in [-0.05, 0) is 25.3 Å². The van der Waals surface area contributed by atoms with Crippen LogP contribution in [0.5, 0.6) is 11.5 Å². The van der Waals surface area contributed by atoms with E-state index in [-0.39, 0.29) is 0 Å². The summed E-state index contributed by atoms with van der Waals surface area (Å²) in [6, 6.07) is 6.59. The number of aromatic amines is 1. The van der Waals surface area contributed by atoms with E-state index in [1.54, 1.807) is 14.2 Å². The first-order chi connectivity index (χ1) is 11.7. The Morgan fingerprint density at radius 1 is 1.17 bits per heavy atom. The second kappa shape index (κ2) is 7.57. The van der Waals surface area contributed by atoms with E-state index in [1.165, 1.54) is 11.3 Å². The van der Waals surface area contributed by atoms with E-state index >= 15 is 0 Å². The van der Waals surface area contributed by atoms with Crippen molar-refractivity contribution < 1.29 is 9.47 Å². The van der Waals surface area contributed by atoms with Gasteiger partial charge in [-0.1, -0.05) is 0 Å². The van der Waals surface area contributed by atoms with Crippen LogP contribution in [0.2, 0.25) is 0 Å². The molecule has 130 valence electrons. The molecule has 0 amide bonds. The van der Waals surface area contributed by atoms with Crippen LogP contribution in [-0.2, 0) is 6.54 Å². The van der Waals surface area contributed by atoms with Gasteiger partial charge in [-0.2, -0.15) is 5.10 Å². The quantitative estimate of drug-likeness (QED) is 0.852. The Morgan fingerprint density at radius 2 is 1.83 bits per heavy atom. The van der Waals surface area contributed by atoms with Gasteiger partial charge in [-0.25, -0.2) is 0 Å². The Bertz CT molecular complexity index is 641. The molecule has 24 heavy (non-hydrogen) atoms. The Hall–Kier alpha value is -2.21. The molecule has 0 radical (unpaired) electrons. The molecule has 6 heteroatoms. The van der Waals surface area contributed by atoms with E-state index in [9.17, 15) is 0 Å². The summed E-state index contributed by atoms with van der Waals surface area (Å²) in [5, 5.41) is 10.8.